The van der Waals surface area contributed by atoms with Gasteiger partial charge in [0.1, 0.15) is 24.2 Å². The van der Waals surface area contributed by atoms with Crippen molar-refractivity contribution in [1.82, 2.24) is 16.0 Å². The van der Waals surface area contributed by atoms with Crippen molar-refractivity contribution in [2.24, 2.45) is 23.1 Å². The molecule has 11 N–H and O–H groups in total. The molecule has 0 spiro atoms. The Morgan fingerprint density at radius 3 is 1.91 bits per heavy atom. The molecule has 0 saturated heterocycles. The van der Waals surface area contributed by atoms with E-state index in [1.165, 1.54) is 6.92 Å². The number of amides is 4. The lowest BCUT2D eigenvalue weighted by Gasteiger charge is -2.26. The lowest BCUT2D eigenvalue weighted by molar-refractivity contribution is -0.144. The number of aliphatic carboxylic acids is 1. The monoisotopic (exact) mass is 474 g/mol. The normalized spacial score (nSPS) is 16.4. The molecule has 13 heteroatoms. The lowest BCUT2D eigenvalue weighted by Crippen LogP contribution is -2.59. The quantitative estimate of drug-likeness (QED) is 0.108. The molecule has 6 unspecified atom stereocenters. The fourth-order valence-corrected chi connectivity index (χ4v) is 2.87. The number of unbranched alkanes of at least 4 members (excludes halogenated alkanes) is 1. The molecule has 190 valence electrons. The first-order valence-corrected chi connectivity index (χ1v) is 10.9. The maximum atomic E-state index is 12.9. The Morgan fingerprint density at radius 2 is 1.45 bits per heavy atom. The Hall–Kier alpha value is -2.77. The van der Waals surface area contributed by atoms with Gasteiger partial charge in [-0.3, -0.25) is 19.2 Å². The van der Waals surface area contributed by atoms with Crippen LogP contribution in [0.1, 0.15) is 52.9 Å². The van der Waals surface area contributed by atoms with Crippen LogP contribution in [0.2, 0.25) is 0 Å². The molecular formula is C20H38N6O7. The number of carboxylic acid groups (broad SMARTS) is 1. The van der Waals surface area contributed by atoms with Crippen LogP contribution in [0.25, 0.3) is 0 Å². The molecular weight excluding hydrogens is 436 g/mol. The number of aliphatic hydroxyl groups excluding tert-OH is 1. The molecule has 13 nitrogen and oxygen atoms in total. The van der Waals surface area contributed by atoms with Crippen LogP contribution in [0, 0.1) is 5.92 Å². The summed E-state index contributed by atoms with van der Waals surface area (Å²) in [5, 5.41) is 26.0. The van der Waals surface area contributed by atoms with Gasteiger partial charge in [-0.15, -0.1) is 0 Å². The molecule has 0 rings (SSSR count). The van der Waals surface area contributed by atoms with Gasteiger partial charge in [-0.2, -0.15) is 0 Å². The summed E-state index contributed by atoms with van der Waals surface area (Å²) >= 11 is 0. The molecule has 0 radical (unpaired) electrons. The van der Waals surface area contributed by atoms with Gasteiger partial charge in [0.15, 0.2) is 0 Å². The number of hydrogen-bond acceptors (Lipinski definition) is 8. The summed E-state index contributed by atoms with van der Waals surface area (Å²) in [4.78, 5) is 60.8. The summed E-state index contributed by atoms with van der Waals surface area (Å²) in [7, 11) is 0. The average Bonchev–Trinajstić information content (AvgIpc) is 2.74. The van der Waals surface area contributed by atoms with E-state index in [9.17, 15) is 34.2 Å². The molecule has 4 amide bonds. The third kappa shape index (κ3) is 11.1. The number of rotatable bonds is 16. The molecule has 0 bridgehead atoms. The van der Waals surface area contributed by atoms with E-state index in [1.54, 1.807) is 13.8 Å². The van der Waals surface area contributed by atoms with Crippen molar-refractivity contribution < 1.29 is 34.2 Å². The Bertz CT molecular complexity index is 688. The maximum Gasteiger partial charge on any atom is 0.326 e. The van der Waals surface area contributed by atoms with E-state index in [1.807, 2.05) is 0 Å². The Kier molecular flexibility index (Phi) is 13.9. The summed E-state index contributed by atoms with van der Waals surface area (Å²) in [6.07, 6.45) is -0.122. The highest BCUT2D eigenvalue weighted by Crippen LogP contribution is 2.09. The lowest BCUT2D eigenvalue weighted by atomic mass is 9.98. The minimum atomic E-state index is -1.46. The summed E-state index contributed by atoms with van der Waals surface area (Å²) in [6.45, 7) is 5.06. The number of carbonyl (C=O) groups is 5. The van der Waals surface area contributed by atoms with E-state index < -0.39 is 72.2 Å². The molecule has 33 heavy (non-hydrogen) atoms. The van der Waals surface area contributed by atoms with Crippen LogP contribution in [-0.4, -0.2) is 76.6 Å². The van der Waals surface area contributed by atoms with E-state index >= 15 is 0 Å². The Labute approximate surface area is 193 Å². The van der Waals surface area contributed by atoms with Gasteiger partial charge in [0, 0.05) is 0 Å². The average molecular weight is 475 g/mol. The summed E-state index contributed by atoms with van der Waals surface area (Å²) in [6, 6.07) is -5.12. The smallest absolute Gasteiger partial charge is 0.326 e. The molecule has 0 aromatic rings. The van der Waals surface area contributed by atoms with E-state index in [-0.39, 0.29) is 6.42 Å². The van der Waals surface area contributed by atoms with Crippen molar-refractivity contribution in [2.75, 3.05) is 6.54 Å². The first-order valence-electron chi connectivity index (χ1n) is 10.9. The second kappa shape index (κ2) is 15.1. The van der Waals surface area contributed by atoms with Gasteiger partial charge in [0.25, 0.3) is 0 Å². The van der Waals surface area contributed by atoms with Crippen LogP contribution in [0.3, 0.4) is 0 Å². The van der Waals surface area contributed by atoms with Crippen molar-refractivity contribution in [3.05, 3.63) is 0 Å². The van der Waals surface area contributed by atoms with Crippen molar-refractivity contribution >= 4 is 29.6 Å². The largest absolute Gasteiger partial charge is 0.480 e. The van der Waals surface area contributed by atoms with Gasteiger partial charge < -0.3 is 43.4 Å². The third-order valence-corrected chi connectivity index (χ3v) is 5.22. The van der Waals surface area contributed by atoms with Crippen molar-refractivity contribution in [2.45, 2.75) is 83.1 Å². The van der Waals surface area contributed by atoms with Crippen molar-refractivity contribution in [3.63, 3.8) is 0 Å². The molecule has 6 atom stereocenters. The molecule has 0 saturated carbocycles. The van der Waals surface area contributed by atoms with Crippen LogP contribution in [-0.2, 0) is 24.0 Å². The number of nitrogens with one attached hydrogen (secondary N) is 3. The Morgan fingerprint density at radius 1 is 0.909 bits per heavy atom. The predicted octanol–water partition coefficient (Wildman–Crippen LogP) is -2.72. The molecule has 0 heterocycles. The number of hydrogen-bond donors (Lipinski definition) is 8. The Balaban J connectivity index is 5.57. The van der Waals surface area contributed by atoms with E-state index in [2.05, 4.69) is 16.0 Å². The predicted molar refractivity (Wildman–Crippen MR) is 119 cm³/mol. The zero-order valence-corrected chi connectivity index (χ0v) is 19.4. The van der Waals surface area contributed by atoms with Gasteiger partial charge in [0.05, 0.1) is 12.5 Å². The van der Waals surface area contributed by atoms with Crippen LogP contribution >= 0.6 is 0 Å². The van der Waals surface area contributed by atoms with Crippen LogP contribution in [0.5, 0.6) is 0 Å². The van der Waals surface area contributed by atoms with Gasteiger partial charge in [-0.25, -0.2) is 4.79 Å². The van der Waals surface area contributed by atoms with Crippen molar-refractivity contribution in [3.8, 4) is 0 Å². The van der Waals surface area contributed by atoms with Gasteiger partial charge in [-0.1, -0.05) is 20.3 Å². The van der Waals surface area contributed by atoms with E-state index in [4.69, 9.17) is 17.2 Å². The maximum absolute atomic E-state index is 12.9. The highest BCUT2D eigenvalue weighted by molar-refractivity contribution is 5.96. The molecule has 0 aromatic carbocycles. The highest BCUT2D eigenvalue weighted by atomic mass is 16.4. The SMILES string of the molecule is CCC(C)C(NC(=O)C(CC(N)=O)NC(=O)C(CCCCN)NC(=O)C(N)C(C)O)C(=O)O. The fourth-order valence-electron chi connectivity index (χ4n) is 2.87. The summed E-state index contributed by atoms with van der Waals surface area (Å²) < 4.78 is 0. The second-order valence-corrected chi connectivity index (χ2v) is 8.05. The molecule has 0 aliphatic carbocycles. The minimum absolute atomic E-state index is 0.150. The first-order chi connectivity index (χ1) is 15.3. The zero-order valence-electron chi connectivity index (χ0n) is 19.4. The van der Waals surface area contributed by atoms with E-state index in [0.29, 0.717) is 25.8 Å². The van der Waals surface area contributed by atoms with E-state index in [0.717, 1.165) is 0 Å². The number of carboxylic acids is 1. The molecule has 0 fully saturated rings. The van der Waals surface area contributed by atoms with Gasteiger partial charge >= 0.3 is 5.97 Å². The number of carbonyl (C=O) groups excluding carboxylic acids is 4. The standard InChI is InChI=1S/C20H38N6O7/c1-4-10(2)16(20(32)33)26-18(30)13(9-14(22)28)25-17(29)12(7-5-6-8-21)24-19(31)15(23)11(3)27/h10-13,15-16,27H,4-9,21,23H2,1-3H3,(H2,22,28)(H,24,31)(H,25,29)(H,26,30)(H,32,33). The van der Waals surface area contributed by atoms with Gasteiger partial charge in [0.2, 0.25) is 23.6 Å². The summed E-state index contributed by atoms with van der Waals surface area (Å²) in [5.74, 6) is -5.05. The summed E-state index contributed by atoms with van der Waals surface area (Å²) in [5.41, 5.74) is 16.3. The molecule has 0 aliphatic heterocycles. The molecule has 0 aromatic heterocycles. The highest BCUT2D eigenvalue weighted by Gasteiger charge is 2.32. The van der Waals surface area contributed by atoms with Crippen molar-refractivity contribution in [1.29, 1.82) is 0 Å². The second-order valence-electron chi connectivity index (χ2n) is 8.05. The van der Waals surface area contributed by atoms with Crippen LogP contribution in [0.4, 0.5) is 0 Å². The zero-order chi connectivity index (χ0) is 25.7. The van der Waals surface area contributed by atoms with Crippen LogP contribution in [0.15, 0.2) is 0 Å². The number of aliphatic hydroxyl groups is 1. The third-order valence-electron chi connectivity index (χ3n) is 5.22. The van der Waals surface area contributed by atoms with Crippen LogP contribution < -0.4 is 33.2 Å². The first kappa shape index (κ1) is 30.2. The minimum Gasteiger partial charge on any atom is -0.480 e. The topological polar surface area (TPSA) is 240 Å². The molecule has 0 aliphatic rings. The fraction of sp³-hybridized carbons (Fsp3) is 0.750. The van der Waals surface area contributed by atoms with Gasteiger partial charge in [-0.05, 0) is 38.6 Å². The number of primary amides is 1. The number of nitrogens with two attached hydrogens (primary N) is 3.